The summed E-state index contributed by atoms with van der Waals surface area (Å²) in [5.41, 5.74) is 0.768. The van der Waals surface area contributed by atoms with E-state index in [9.17, 15) is 14.4 Å². The van der Waals surface area contributed by atoms with Gasteiger partial charge in [-0.1, -0.05) is 42.5 Å². The van der Waals surface area contributed by atoms with Gasteiger partial charge in [0.1, 0.15) is 19.0 Å². The van der Waals surface area contributed by atoms with Crippen LogP contribution in [0.25, 0.3) is 0 Å². The molecule has 0 bridgehead atoms. The van der Waals surface area contributed by atoms with Gasteiger partial charge < -0.3 is 23.8 Å². The molecule has 2 aliphatic heterocycles. The number of methoxy groups -OCH3 is 1. The molecule has 0 spiro atoms. The molecule has 9 nitrogen and oxygen atoms in total. The Morgan fingerprint density at radius 1 is 1.00 bits per heavy atom. The van der Waals surface area contributed by atoms with Gasteiger partial charge in [-0.05, 0) is 37.1 Å². The lowest BCUT2D eigenvalue weighted by Gasteiger charge is -2.35. The molecule has 0 aromatic heterocycles. The van der Waals surface area contributed by atoms with Crippen molar-refractivity contribution in [1.82, 2.24) is 9.80 Å². The van der Waals surface area contributed by atoms with E-state index in [0.29, 0.717) is 6.54 Å². The van der Waals surface area contributed by atoms with E-state index in [0.717, 1.165) is 16.9 Å². The van der Waals surface area contributed by atoms with E-state index in [-0.39, 0.29) is 38.8 Å². The number of carbonyl (C=O) groups is 3. The number of fused-ring (bicyclic) bond motifs is 1. The predicted molar refractivity (Wildman–Crippen MR) is 130 cm³/mol. The zero-order chi connectivity index (χ0) is 25.7. The lowest BCUT2D eigenvalue weighted by atomic mass is 9.93. The Balaban J connectivity index is 1.34. The highest BCUT2D eigenvalue weighted by atomic mass is 16.6. The maximum Gasteiger partial charge on any atom is 0.410 e. The topological polar surface area (TPSA) is 94.6 Å². The van der Waals surface area contributed by atoms with Crippen LogP contribution in [0.15, 0.2) is 54.6 Å². The monoisotopic (exact) mass is 496 g/mol. The molecule has 2 unspecified atom stereocenters. The maximum absolute atomic E-state index is 13.1. The van der Waals surface area contributed by atoms with Gasteiger partial charge in [0, 0.05) is 19.6 Å². The van der Waals surface area contributed by atoms with Crippen molar-refractivity contribution in [3.8, 4) is 5.75 Å². The standard InChI is InChI=1S/C27H32N2O7/c1-27(2,25(31)35-16-20-9-11-21(33-3)12-10-20)18-28-15-22-23(24(28)30)34-14-13-29(22)26(32)36-17-19-7-5-4-6-8-19/h4-12,22-23H,13-18H2,1-3H3. The van der Waals surface area contributed by atoms with E-state index >= 15 is 0 Å². The van der Waals surface area contributed by atoms with Gasteiger partial charge in [0.15, 0.2) is 6.10 Å². The largest absolute Gasteiger partial charge is 0.497 e. The van der Waals surface area contributed by atoms with Gasteiger partial charge in [0.25, 0.3) is 5.91 Å². The van der Waals surface area contributed by atoms with Crippen LogP contribution in [0.5, 0.6) is 5.75 Å². The highest BCUT2D eigenvalue weighted by Crippen LogP contribution is 2.29. The summed E-state index contributed by atoms with van der Waals surface area (Å²) in [5, 5.41) is 0. The zero-order valence-corrected chi connectivity index (χ0v) is 20.8. The first-order valence-corrected chi connectivity index (χ1v) is 12.0. The van der Waals surface area contributed by atoms with Gasteiger partial charge in [-0.3, -0.25) is 14.5 Å². The Labute approximate surface area is 210 Å². The van der Waals surface area contributed by atoms with E-state index in [1.807, 2.05) is 42.5 Å². The number of likely N-dealkylation sites (tertiary alicyclic amines) is 1. The third-order valence-corrected chi connectivity index (χ3v) is 6.45. The van der Waals surface area contributed by atoms with Crippen molar-refractivity contribution >= 4 is 18.0 Å². The fourth-order valence-electron chi connectivity index (χ4n) is 4.42. The number of carbonyl (C=O) groups excluding carboxylic acids is 3. The van der Waals surface area contributed by atoms with Gasteiger partial charge in [-0.15, -0.1) is 0 Å². The highest BCUT2D eigenvalue weighted by molar-refractivity contribution is 5.86. The third kappa shape index (κ3) is 5.79. The van der Waals surface area contributed by atoms with E-state index in [2.05, 4.69) is 0 Å². The second-order valence-corrected chi connectivity index (χ2v) is 9.62. The van der Waals surface area contributed by atoms with Gasteiger partial charge in [0.05, 0.1) is 25.2 Å². The van der Waals surface area contributed by atoms with Crippen LogP contribution >= 0.6 is 0 Å². The summed E-state index contributed by atoms with van der Waals surface area (Å²) in [5.74, 6) is 0.0669. The molecule has 2 aromatic rings. The highest BCUT2D eigenvalue weighted by Gasteiger charge is 2.50. The van der Waals surface area contributed by atoms with Crippen molar-refractivity contribution < 1.29 is 33.3 Å². The Kier molecular flexibility index (Phi) is 7.79. The molecular formula is C27H32N2O7. The fourth-order valence-corrected chi connectivity index (χ4v) is 4.42. The maximum atomic E-state index is 13.1. The van der Waals surface area contributed by atoms with E-state index in [1.165, 1.54) is 0 Å². The average molecular weight is 497 g/mol. The molecule has 2 saturated heterocycles. The van der Waals surface area contributed by atoms with Crippen molar-refractivity contribution in [1.29, 1.82) is 0 Å². The summed E-state index contributed by atoms with van der Waals surface area (Å²) in [4.78, 5) is 41.9. The number of hydrogen-bond acceptors (Lipinski definition) is 7. The van der Waals surface area contributed by atoms with Crippen LogP contribution in [0, 0.1) is 5.41 Å². The van der Waals surface area contributed by atoms with Crippen LogP contribution in [0.2, 0.25) is 0 Å². The minimum Gasteiger partial charge on any atom is -0.497 e. The zero-order valence-electron chi connectivity index (χ0n) is 20.8. The first-order chi connectivity index (χ1) is 17.3. The minimum atomic E-state index is -0.950. The molecule has 2 fully saturated rings. The molecule has 4 rings (SSSR count). The smallest absolute Gasteiger partial charge is 0.410 e. The lowest BCUT2D eigenvalue weighted by Crippen LogP contribution is -2.54. The van der Waals surface area contributed by atoms with Crippen LogP contribution in [-0.2, 0) is 37.0 Å². The Bertz CT molecular complexity index is 1070. The van der Waals surface area contributed by atoms with Crippen LogP contribution in [0.3, 0.4) is 0 Å². The van der Waals surface area contributed by atoms with Crippen LogP contribution in [-0.4, -0.2) is 73.3 Å². The van der Waals surface area contributed by atoms with Crippen molar-refractivity contribution in [2.24, 2.45) is 5.41 Å². The second-order valence-electron chi connectivity index (χ2n) is 9.62. The summed E-state index contributed by atoms with van der Waals surface area (Å²) in [6.45, 7) is 4.75. The molecule has 0 radical (unpaired) electrons. The van der Waals surface area contributed by atoms with Crippen LogP contribution in [0.1, 0.15) is 25.0 Å². The number of esters is 1. The van der Waals surface area contributed by atoms with Crippen LogP contribution in [0.4, 0.5) is 4.79 Å². The average Bonchev–Trinajstić information content (AvgIpc) is 3.21. The first-order valence-electron chi connectivity index (χ1n) is 12.0. The van der Waals surface area contributed by atoms with Gasteiger partial charge in [-0.2, -0.15) is 0 Å². The molecule has 0 aliphatic carbocycles. The van der Waals surface area contributed by atoms with E-state index in [4.69, 9.17) is 18.9 Å². The van der Waals surface area contributed by atoms with Crippen molar-refractivity contribution in [3.05, 3.63) is 65.7 Å². The molecular weight excluding hydrogens is 464 g/mol. The quantitative estimate of drug-likeness (QED) is 0.519. The van der Waals surface area contributed by atoms with Gasteiger partial charge >= 0.3 is 12.1 Å². The molecule has 2 heterocycles. The molecule has 9 heteroatoms. The number of ether oxygens (including phenoxy) is 4. The Morgan fingerprint density at radius 3 is 2.36 bits per heavy atom. The number of morpholine rings is 1. The molecule has 2 aliphatic rings. The van der Waals surface area contributed by atoms with E-state index < -0.39 is 29.6 Å². The van der Waals surface area contributed by atoms with Crippen molar-refractivity contribution in [3.63, 3.8) is 0 Å². The summed E-state index contributed by atoms with van der Waals surface area (Å²) >= 11 is 0. The SMILES string of the molecule is COc1ccc(COC(=O)C(C)(C)CN2CC3C(OCCN3C(=O)OCc3ccccc3)C2=O)cc1. The Hall–Kier alpha value is -3.59. The summed E-state index contributed by atoms with van der Waals surface area (Å²) < 4.78 is 21.9. The number of rotatable bonds is 8. The molecule has 2 amide bonds. The summed E-state index contributed by atoms with van der Waals surface area (Å²) in [6, 6.07) is 16.2. The third-order valence-electron chi connectivity index (χ3n) is 6.45. The predicted octanol–water partition coefficient (Wildman–Crippen LogP) is 3.01. The number of benzene rings is 2. The molecule has 2 aromatic carbocycles. The normalized spacial score (nSPS) is 19.6. The Morgan fingerprint density at radius 2 is 1.67 bits per heavy atom. The molecule has 0 N–H and O–H groups in total. The van der Waals surface area contributed by atoms with Crippen LogP contribution < -0.4 is 4.74 Å². The minimum absolute atomic E-state index is 0.121. The van der Waals surface area contributed by atoms with Crippen molar-refractivity contribution in [2.75, 3.05) is 33.4 Å². The molecule has 36 heavy (non-hydrogen) atoms. The number of nitrogens with zero attached hydrogens (tertiary/aromatic N) is 2. The van der Waals surface area contributed by atoms with Gasteiger partial charge in [0.2, 0.25) is 0 Å². The summed E-state index contributed by atoms with van der Waals surface area (Å²) in [7, 11) is 1.59. The molecule has 2 atom stereocenters. The molecule has 192 valence electrons. The number of hydrogen-bond donors (Lipinski definition) is 0. The summed E-state index contributed by atoms with van der Waals surface area (Å²) in [6.07, 6.45) is -1.25. The van der Waals surface area contributed by atoms with Crippen molar-refractivity contribution in [2.45, 2.75) is 39.2 Å². The fraction of sp³-hybridized carbons (Fsp3) is 0.444. The molecule has 0 saturated carbocycles. The van der Waals surface area contributed by atoms with E-state index in [1.54, 1.807) is 42.9 Å². The second kappa shape index (κ2) is 11.0. The van der Waals surface area contributed by atoms with Gasteiger partial charge in [-0.25, -0.2) is 4.79 Å². The first kappa shape index (κ1) is 25.5. The number of amides is 2. The lowest BCUT2D eigenvalue weighted by molar-refractivity contribution is -0.157.